The summed E-state index contributed by atoms with van der Waals surface area (Å²) in [6.45, 7) is 0. The lowest BCUT2D eigenvalue weighted by Crippen LogP contribution is -2.46. The SMILES string of the molecule is COC(=O)C1(C(=O)c2ccc(F)cc2F)CCC1. The number of Topliss-reactive ketones (excluding diaryl/α,β-unsaturated/α-hetero) is 1. The lowest BCUT2D eigenvalue weighted by Gasteiger charge is -2.37. The van der Waals surface area contributed by atoms with E-state index in [1.165, 1.54) is 7.11 Å². The van der Waals surface area contributed by atoms with E-state index in [0.717, 1.165) is 12.1 Å². The summed E-state index contributed by atoms with van der Waals surface area (Å²) in [4.78, 5) is 23.9. The van der Waals surface area contributed by atoms with Gasteiger partial charge < -0.3 is 4.74 Å². The second-order valence-corrected chi connectivity index (χ2v) is 4.38. The van der Waals surface area contributed by atoms with Gasteiger partial charge in [-0.25, -0.2) is 8.78 Å². The molecule has 1 saturated carbocycles. The van der Waals surface area contributed by atoms with Crippen molar-refractivity contribution in [2.45, 2.75) is 19.3 Å². The van der Waals surface area contributed by atoms with Crippen LogP contribution in [-0.4, -0.2) is 18.9 Å². The van der Waals surface area contributed by atoms with Gasteiger partial charge in [0.2, 0.25) is 0 Å². The molecule has 0 amide bonds. The van der Waals surface area contributed by atoms with Crippen molar-refractivity contribution in [3.63, 3.8) is 0 Å². The van der Waals surface area contributed by atoms with Crippen molar-refractivity contribution in [3.05, 3.63) is 35.4 Å². The predicted octanol–water partition coefficient (Wildman–Crippen LogP) is 2.49. The van der Waals surface area contributed by atoms with Gasteiger partial charge in [0.1, 0.15) is 17.0 Å². The number of hydrogen-bond acceptors (Lipinski definition) is 3. The molecule has 1 fully saturated rings. The van der Waals surface area contributed by atoms with Crippen LogP contribution < -0.4 is 0 Å². The van der Waals surface area contributed by atoms with E-state index in [4.69, 9.17) is 0 Å². The number of benzene rings is 1. The normalized spacial score (nSPS) is 16.8. The standard InChI is InChI=1S/C13H12F2O3/c1-18-12(17)13(5-2-6-13)11(16)9-4-3-8(14)7-10(9)15/h3-4,7H,2,5-6H2,1H3. The lowest BCUT2D eigenvalue weighted by atomic mass is 9.64. The maximum absolute atomic E-state index is 13.5. The van der Waals surface area contributed by atoms with E-state index in [0.29, 0.717) is 25.3 Å². The highest BCUT2D eigenvalue weighted by Gasteiger charge is 2.52. The number of esters is 1. The van der Waals surface area contributed by atoms with Gasteiger partial charge in [0.15, 0.2) is 5.78 Å². The van der Waals surface area contributed by atoms with Gasteiger partial charge in [-0.2, -0.15) is 0 Å². The van der Waals surface area contributed by atoms with Crippen molar-refractivity contribution in [1.29, 1.82) is 0 Å². The number of rotatable bonds is 3. The highest BCUT2D eigenvalue weighted by molar-refractivity contribution is 6.13. The minimum atomic E-state index is -1.28. The Labute approximate surface area is 103 Å². The van der Waals surface area contributed by atoms with E-state index < -0.39 is 28.8 Å². The Morgan fingerprint density at radius 2 is 1.94 bits per heavy atom. The summed E-state index contributed by atoms with van der Waals surface area (Å²) in [6.07, 6.45) is 1.40. The molecule has 3 nitrogen and oxygen atoms in total. The van der Waals surface area contributed by atoms with Gasteiger partial charge in [-0.3, -0.25) is 9.59 Å². The third kappa shape index (κ3) is 1.79. The number of carbonyl (C=O) groups is 2. The van der Waals surface area contributed by atoms with Gasteiger partial charge in [0.25, 0.3) is 0 Å². The number of hydrogen-bond donors (Lipinski definition) is 0. The molecule has 0 aliphatic heterocycles. The zero-order valence-electron chi connectivity index (χ0n) is 9.83. The second kappa shape index (κ2) is 4.48. The van der Waals surface area contributed by atoms with Crippen molar-refractivity contribution in [3.8, 4) is 0 Å². The molecule has 0 N–H and O–H groups in total. The maximum Gasteiger partial charge on any atom is 0.319 e. The molecule has 1 aliphatic rings. The van der Waals surface area contributed by atoms with Crippen LogP contribution >= 0.6 is 0 Å². The summed E-state index contributed by atoms with van der Waals surface area (Å²) in [5.41, 5.74) is -1.55. The van der Waals surface area contributed by atoms with Crippen molar-refractivity contribution in [2.24, 2.45) is 5.41 Å². The summed E-state index contributed by atoms with van der Waals surface area (Å²) in [6, 6.07) is 2.70. The molecule has 0 atom stereocenters. The van der Waals surface area contributed by atoms with E-state index in [1.54, 1.807) is 0 Å². The highest BCUT2D eigenvalue weighted by Crippen LogP contribution is 2.44. The molecule has 0 spiro atoms. The molecule has 0 unspecified atom stereocenters. The minimum Gasteiger partial charge on any atom is -0.468 e. The van der Waals surface area contributed by atoms with Gasteiger partial charge in [-0.05, 0) is 25.0 Å². The fourth-order valence-electron chi connectivity index (χ4n) is 2.18. The molecule has 2 rings (SSSR count). The number of ketones is 1. The van der Waals surface area contributed by atoms with Crippen LogP contribution in [0.4, 0.5) is 8.78 Å². The van der Waals surface area contributed by atoms with E-state index in [-0.39, 0.29) is 5.56 Å². The van der Waals surface area contributed by atoms with Crippen LogP contribution in [0.1, 0.15) is 29.6 Å². The number of ether oxygens (including phenoxy) is 1. The first-order chi connectivity index (χ1) is 8.51. The topological polar surface area (TPSA) is 43.4 Å². The average Bonchev–Trinajstić information content (AvgIpc) is 2.26. The molecule has 0 saturated heterocycles. The second-order valence-electron chi connectivity index (χ2n) is 4.38. The molecule has 0 aromatic heterocycles. The first kappa shape index (κ1) is 12.7. The van der Waals surface area contributed by atoms with Crippen LogP contribution in [0.2, 0.25) is 0 Å². The van der Waals surface area contributed by atoms with E-state index in [2.05, 4.69) is 4.74 Å². The Morgan fingerprint density at radius 1 is 1.28 bits per heavy atom. The third-order valence-corrected chi connectivity index (χ3v) is 3.39. The van der Waals surface area contributed by atoms with Gasteiger partial charge >= 0.3 is 5.97 Å². The van der Waals surface area contributed by atoms with Gasteiger partial charge in [0.05, 0.1) is 12.7 Å². The summed E-state index contributed by atoms with van der Waals surface area (Å²) < 4.78 is 30.9. The van der Waals surface area contributed by atoms with E-state index in [9.17, 15) is 18.4 Å². The smallest absolute Gasteiger partial charge is 0.319 e. The number of methoxy groups -OCH3 is 1. The first-order valence-corrected chi connectivity index (χ1v) is 5.59. The summed E-state index contributed by atoms with van der Waals surface area (Å²) in [5.74, 6) is -2.99. The van der Waals surface area contributed by atoms with Crippen LogP contribution in [0.3, 0.4) is 0 Å². The zero-order valence-corrected chi connectivity index (χ0v) is 9.83. The number of carbonyl (C=O) groups excluding carboxylic acids is 2. The van der Waals surface area contributed by atoms with Crippen molar-refractivity contribution < 1.29 is 23.1 Å². The van der Waals surface area contributed by atoms with Crippen LogP contribution in [0.5, 0.6) is 0 Å². The Bertz CT molecular complexity index is 507. The largest absolute Gasteiger partial charge is 0.468 e. The molecule has 1 aromatic rings. The maximum atomic E-state index is 13.5. The highest BCUT2D eigenvalue weighted by atomic mass is 19.1. The molecule has 0 radical (unpaired) electrons. The van der Waals surface area contributed by atoms with Gasteiger partial charge in [0, 0.05) is 6.07 Å². The molecule has 5 heteroatoms. The molecule has 96 valence electrons. The minimum absolute atomic E-state index is 0.262. The van der Waals surface area contributed by atoms with E-state index >= 15 is 0 Å². The molecule has 1 aliphatic carbocycles. The molecule has 1 aromatic carbocycles. The average molecular weight is 254 g/mol. The quantitative estimate of drug-likeness (QED) is 0.473. The lowest BCUT2D eigenvalue weighted by molar-refractivity contribution is -0.153. The summed E-state index contributed by atoms with van der Waals surface area (Å²) >= 11 is 0. The Morgan fingerprint density at radius 3 is 2.39 bits per heavy atom. The molecule has 0 heterocycles. The van der Waals surface area contributed by atoms with Gasteiger partial charge in [-0.15, -0.1) is 0 Å². The van der Waals surface area contributed by atoms with Crippen LogP contribution in [-0.2, 0) is 9.53 Å². The monoisotopic (exact) mass is 254 g/mol. The van der Waals surface area contributed by atoms with E-state index in [1.807, 2.05) is 0 Å². The zero-order chi connectivity index (χ0) is 13.3. The predicted molar refractivity (Wildman–Crippen MR) is 59.0 cm³/mol. The fourth-order valence-corrected chi connectivity index (χ4v) is 2.18. The van der Waals surface area contributed by atoms with Crippen molar-refractivity contribution in [1.82, 2.24) is 0 Å². The fraction of sp³-hybridized carbons (Fsp3) is 0.385. The van der Waals surface area contributed by atoms with Gasteiger partial charge in [-0.1, -0.05) is 6.42 Å². The number of halogens is 2. The van der Waals surface area contributed by atoms with Crippen LogP contribution in [0.25, 0.3) is 0 Å². The molecular weight excluding hydrogens is 242 g/mol. The molecule has 0 bridgehead atoms. The first-order valence-electron chi connectivity index (χ1n) is 5.59. The van der Waals surface area contributed by atoms with Crippen molar-refractivity contribution >= 4 is 11.8 Å². The van der Waals surface area contributed by atoms with Crippen LogP contribution in [0, 0.1) is 17.0 Å². The van der Waals surface area contributed by atoms with Crippen LogP contribution in [0.15, 0.2) is 18.2 Å². The molecule has 18 heavy (non-hydrogen) atoms. The third-order valence-electron chi connectivity index (χ3n) is 3.39. The van der Waals surface area contributed by atoms with Crippen molar-refractivity contribution in [2.75, 3.05) is 7.11 Å². The Balaban J connectivity index is 2.38. The summed E-state index contributed by atoms with van der Waals surface area (Å²) in [7, 11) is 1.19. The Hall–Kier alpha value is -1.78. The Kier molecular flexibility index (Phi) is 3.15. The summed E-state index contributed by atoms with van der Waals surface area (Å²) in [5, 5.41) is 0. The molecular formula is C13H12F2O3.